The van der Waals surface area contributed by atoms with Crippen LogP contribution in [-0.4, -0.2) is 49.3 Å². The maximum absolute atomic E-state index is 5.34. The smallest absolute Gasteiger partial charge is 0.0795 e. The highest BCUT2D eigenvalue weighted by Gasteiger charge is 2.24. The standard InChI is InChI=1S/C11H19N3OS/c1-14(6-10-7-16-8-13-10)5-9-3-11(15-2)4-12-9/h7-9,11-12H,3-6H2,1-2H3. The molecule has 1 aliphatic rings. The van der Waals surface area contributed by atoms with Crippen molar-refractivity contribution in [2.75, 3.05) is 27.2 Å². The lowest BCUT2D eigenvalue weighted by atomic mass is 10.2. The van der Waals surface area contributed by atoms with E-state index in [1.165, 1.54) is 0 Å². The van der Waals surface area contributed by atoms with E-state index in [2.05, 4.69) is 27.6 Å². The number of hydrogen-bond acceptors (Lipinski definition) is 5. The predicted octanol–water partition coefficient (Wildman–Crippen LogP) is 0.952. The fraction of sp³-hybridized carbons (Fsp3) is 0.727. The Bertz CT molecular complexity index is 304. The highest BCUT2D eigenvalue weighted by Crippen LogP contribution is 2.11. The van der Waals surface area contributed by atoms with Gasteiger partial charge >= 0.3 is 0 Å². The van der Waals surface area contributed by atoms with Crippen molar-refractivity contribution in [2.45, 2.75) is 25.1 Å². The summed E-state index contributed by atoms with van der Waals surface area (Å²) in [7, 11) is 3.93. The van der Waals surface area contributed by atoms with Gasteiger partial charge in [0, 0.05) is 38.2 Å². The van der Waals surface area contributed by atoms with Crippen LogP contribution in [0.25, 0.3) is 0 Å². The van der Waals surface area contributed by atoms with Crippen LogP contribution in [0.4, 0.5) is 0 Å². The summed E-state index contributed by atoms with van der Waals surface area (Å²) in [5.41, 5.74) is 3.05. The van der Waals surface area contributed by atoms with Crippen LogP contribution in [0.1, 0.15) is 12.1 Å². The van der Waals surface area contributed by atoms with Gasteiger partial charge in [0.05, 0.1) is 17.3 Å². The third-order valence-corrected chi connectivity index (χ3v) is 3.60. The zero-order valence-electron chi connectivity index (χ0n) is 9.85. The number of nitrogens with one attached hydrogen (secondary N) is 1. The first kappa shape index (κ1) is 12.0. The molecule has 1 N–H and O–H groups in total. The molecule has 1 aromatic heterocycles. The Morgan fingerprint density at radius 2 is 2.56 bits per heavy atom. The number of likely N-dealkylation sites (N-methyl/N-ethyl adjacent to an activating group) is 1. The molecule has 1 saturated heterocycles. The molecular formula is C11H19N3OS. The van der Waals surface area contributed by atoms with E-state index in [0.29, 0.717) is 12.1 Å². The van der Waals surface area contributed by atoms with E-state index in [0.717, 1.165) is 31.7 Å². The van der Waals surface area contributed by atoms with Crippen molar-refractivity contribution in [3.63, 3.8) is 0 Å². The first-order valence-corrected chi connectivity index (χ1v) is 6.54. The van der Waals surface area contributed by atoms with Gasteiger partial charge in [-0.15, -0.1) is 11.3 Å². The Labute approximate surface area is 101 Å². The second kappa shape index (κ2) is 5.72. The summed E-state index contributed by atoms with van der Waals surface area (Å²) in [5.74, 6) is 0. The SMILES string of the molecule is COC1CNC(CN(C)Cc2cscn2)C1. The van der Waals surface area contributed by atoms with Crippen LogP contribution in [0, 0.1) is 0 Å². The first-order chi connectivity index (χ1) is 7.78. The van der Waals surface area contributed by atoms with Gasteiger partial charge < -0.3 is 10.1 Å². The number of methoxy groups -OCH3 is 1. The minimum absolute atomic E-state index is 0.387. The van der Waals surface area contributed by atoms with Crippen molar-refractivity contribution < 1.29 is 4.74 Å². The van der Waals surface area contributed by atoms with Crippen molar-refractivity contribution in [3.05, 3.63) is 16.6 Å². The molecule has 2 unspecified atom stereocenters. The second-order valence-corrected chi connectivity index (χ2v) is 5.09. The molecule has 0 aromatic carbocycles. The molecule has 90 valence electrons. The van der Waals surface area contributed by atoms with Crippen LogP contribution in [0.2, 0.25) is 0 Å². The maximum Gasteiger partial charge on any atom is 0.0795 e. The molecule has 2 rings (SSSR count). The summed E-state index contributed by atoms with van der Waals surface area (Å²) < 4.78 is 5.34. The van der Waals surface area contributed by atoms with Crippen LogP contribution in [-0.2, 0) is 11.3 Å². The van der Waals surface area contributed by atoms with Crippen LogP contribution in [0.5, 0.6) is 0 Å². The van der Waals surface area contributed by atoms with Gasteiger partial charge in [-0.25, -0.2) is 4.98 Å². The minimum Gasteiger partial charge on any atom is -0.380 e. The monoisotopic (exact) mass is 241 g/mol. The number of ether oxygens (including phenoxy) is 1. The number of nitrogens with zero attached hydrogens (tertiary/aromatic N) is 2. The molecule has 0 saturated carbocycles. The largest absolute Gasteiger partial charge is 0.380 e. The normalized spacial score (nSPS) is 25.4. The molecule has 5 heteroatoms. The molecule has 0 spiro atoms. The summed E-state index contributed by atoms with van der Waals surface area (Å²) in [6, 6.07) is 0.550. The molecule has 1 aromatic rings. The molecular weight excluding hydrogens is 222 g/mol. The van der Waals surface area contributed by atoms with E-state index in [1.54, 1.807) is 18.4 Å². The predicted molar refractivity (Wildman–Crippen MR) is 65.7 cm³/mol. The lowest BCUT2D eigenvalue weighted by molar-refractivity contribution is 0.116. The highest BCUT2D eigenvalue weighted by atomic mass is 32.1. The molecule has 4 nitrogen and oxygen atoms in total. The van der Waals surface area contributed by atoms with Crippen LogP contribution < -0.4 is 5.32 Å². The Morgan fingerprint density at radius 1 is 1.69 bits per heavy atom. The van der Waals surface area contributed by atoms with Crippen LogP contribution in [0.3, 0.4) is 0 Å². The fourth-order valence-electron chi connectivity index (χ4n) is 2.13. The average Bonchev–Trinajstić information content (AvgIpc) is 2.89. The highest BCUT2D eigenvalue weighted by molar-refractivity contribution is 7.07. The molecule has 0 amide bonds. The topological polar surface area (TPSA) is 37.4 Å². The molecule has 0 aliphatic carbocycles. The minimum atomic E-state index is 0.387. The summed E-state index contributed by atoms with van der Waals surface area (Å²) in [5, 5.41) is 5.59. The van der Waals surface area contributed by atoms with E-state index in [-0.39, 0.29) is 0 Å². The lowest BCUT2D eigenvalue weighted by Gasteiger charge is -2.20. The van der Waals surface area contributed by atoms with Gasteiger partial charge in [0.2, 0.25) is 0 Å². The van der Waals surface area contributed by atoms with Gasteiger partial charge in [0.25, 0.3) is 0 Å². The Hall–Kier alpha value is -0.490. The fourth-order valence-corrected chi connectivity index (χ4v) is 2.68. The van der Waals surface area contributed by atoms with Gasteiger partial charge in [-0.05, 0) is 13.5 Å². The number of hydrogen-bond donors (Lipinski definition) is 1. The van der Waals surface area contributed by atoms with Crippen LogP contribution in [0.15, 0.2) is 10.9 Å². The molecule has 2 atom stereocenters. The summed E-state index contributed by atoms with van der Waals surface area (Å²) >= 11 is 1.65. The van der Waals surface area contributed by atoms with Crippen molar-refractivity contribution >= 4 is 11.3 Å². The Morgan fingerprint density at radius 3 is 3.19 bits per heavy atom. The summed E-state index contributed by atoms with van der Waals surface area (Å²) in [6.45, 7) is 2.96. The Balaban J connectivity index is 1.73. The number of thiazole rings is 1. The van der Waals surface area contributed by atoms with Gasteiger partial charge in [-0.2, -0.15) is 0 Å². The molecule has 16 heavy (non-hydrogen) atoms. The second-order valence-electron chi connectivity index (χ2n) is 4.38. The van der Waals surface area contributed by atoms with Gasteiger partial charge in [-0.3, -0.25) is 4.90 Å². The molecule has 0 radical (unpaired) electrons. The van der Waals surface area contributed by atoms with Crippen molar-refractivity contribution in [2.24, 2.45) is 0 Å². The third kappa shape index (κ3) is 3.25. The molecule has 1 fully saturated rings. The van der Waals surface area contributed by atoms with E-state index >= 15 is 0 Å². The first-order valence-electron chi connectivity index (χ1n) is 5.59. The lowest BCUT2D eigenvalue weighted by Crippen LogP contribution is -2.34. The number of aromatic nitrogens is 1. The summed E-state index contributed by atoms with van der Waals surface area (Å²) in [6.07, 6.45) is 1.50. The average molecular weight is 241 g/mol. The van der Waals surface area contributed by atoms with Gasteiger partial charge in [-0.1, -0.05) is 0 Å². The maximum atomic E-state index is 5.34. The quantitative estimate of drug-likeness (QED) is 0.833. The van der Waals surface area contributed by atoms with E-state index in [9.17, 15) is 0 Å². The van der Waals surface area contributed by atoms with Gasteiger partial charge in [0.15, 0.2) is 0 Å². The van der Waals surface area contributed by atoms with Crippen molar-refractivity contribution in [3.8, 4) is 0 Å². The van der Waals surface area contributed by atoms with Crippen molar-refractivity contribution in [1.82, 2.24) is 15.2 Å². The zero-order valence-corrected chi connectivity index (χ0v) is 10.7. The van der Waals surface area contributed by atoms with Crippen molar-refractivity contribution in [1.29, 1.82) is 0 Å². The third-order valence-electron chi connectivity index (χ3n) is 2.96. The molecule has 2 heterocycles. The molecule has 1 aliphatic heterocycles. The van der Waals surface area contributed by atoms with Crippen LogP contribution >= 0.6 is 11.3 Å². The Kier molecular flexibility index (Phi) is 4.29. The van der Waals surface area contributed by atoms with E-state index in [1.807, 2.05) is 5.51 Å². The van der Waals surface area contributed by atoms with Gasteiger partial charge in [0.1, 0.15) is 0 Å². The number of rotatable bonds is 5. The van der Waals surface area contributed by atoms with E-state index in [4.69, 9.17) is 4.74 Å². The summed E-state index contributed by atoms with van der Waals surface area (Å²) in [4.78, 5) is 6.60. The zero-order chi connectivity index (χ0) is 11.4. The van der Waals surface area contributed by atoms with E-state index < -0.39 is 0 Å². The molecule has 0 bridgehead atoms.